The molecule has 0 aliphatic heterocycles. The summed E-state index contributed by atoms with van der Waals surface area (Å²) in [4.78, 5) is 11.5. The van der Waals surface area contributed by atoms with Gasteiger partial charge in [-0.3, -0.25) is 4.79 Å². The van der Waals surface area contributed by atoms with E-state index in [0.29, 0.717) is 5.56 Å². The van der Waals surface area contributed by atoms with E-state index < -0.39 is 23.3 Å². The van der Waals surface area contributed by atoms with Gasteiger partial charge in [0, 0.05) is 5.69 Å². The lowest BCUT2D eigenvalue weighted by molar-refractivity contribution is -0.152. The highest BCUT2D eigenvalue weighted by molar-refractivity contribution is 5.75. The molecule has 112 valence electrons. The normalized spacial score (nSPS) is 12.2. The first kappa shape index (κ1) is 16.3. The van der Waals surface area contributed by atoms with Crippen LogP contribution in [-0.2, 0) is 15.7 Å². The van der Waals surface area contributed by atoms with Gasteiger partial charge in [-0.2, -0.15) is 13.2 Å². The van der Waals surface area contributed by atoms with Gasteiger partial charge in [-0.25, -0.2) is 0 Å². The van der Waals surface area contributed by atoms with Gasteiger partial charge in [0.25, 0.3) is 0 Å². The zero-order chi connectivity index (χ0) is 15.6. The summed E-state index contributed by atoms with van der Waals surface area (Å²) in [6.45, 7) is 6.65. The molecule has 3 nitrogen and oxygen atoms in total. The van der Waals surface area contributed by atoms with Gasteiger partial charge in [0.2, 0.25) is 0 Å². The highest BCUT2D eigenvalue weighted by atomic mass is 19.4. The molecular formula is C14H18F3NO2. The quantitative estimate of drug-likeness (QED) is 0.861. The molecule has 1 rings (SSSR count). The second-order valence-electron chi connectivity index (χ2n) is 5.47. The van der Waals surface area contributed by atoms with Crippen LogP contribution in [-0.4, -0.2) is 18.1 Å². The van der Waals surface area contributed by atoms with Crippen molar-refractivity contribution in [3.8, 4) is 0 Å². The van der Waals surface area contributed by atoms with Crippen LogP contribution in [0.15, 0.2) is 18.2 Å². The van der Waals surface area contributed by atoms with Crippen LogP contribution in [0.4, 0.5) is 18.9 Å². The highest BCUT2D eigenvalue weighted by Crippen LogP contribution is 2.31. The Kier molecular flexibility index (Phi) is 4.68. The number of rotatable bonds is 3. The number of halogens is 3. The summed E-state index contributed by atoms with van der Waals surface area (Å²) in [6, 6.07) is 3.36. The van der Waals surface area contributed by atoms with E-state index >= 15 is 0 Å². The topological polar surface area (TPSA) is 38.3 Å². The second-order valence-corrected chi connectivity index (χ2v) is 5.47. The Morgan fingerprint density at radius 1 is 1.25 bits per heavy atom. The van der Waals surface area contributed by atoms with Gasteiger partial charge in [0.05, 0.1) is 5.56 Å². The molecule has 6 heteroatoms. The number of esters is 1. The Morgan fingerprint density at radius 2 is 1.85 bits per heavy atom. The van der Waals surface area contributed by atoms with E-state index in [9.17, 15) is 18.0 Å². The predicted octanol–water partition coefficient (Wildman–Crippen LogP) is 3.77. The first-order valence-electron chi connectivity index (χ1n) is 6.12. The first-order valence-corrected chi connectivity index (χ1v) is 6.12. The van der Waals surface area contributed by atoms with Crippen molar-refractivity contribution in [3.05, 3.63) is 29.3 Å². The summed E-state index contributed by atoms with van der Waals surface area (Å²) in [5.74, 6) is -0.519. The van der Waals surface area contributed by atoms with Crippen molar-refractivity contribution in [2.45, 2.75) is 39.5 Å². The average molecular weight is 289 g/mol. The molecule has 20 heavy (non-hydrogen) atoms. The fraction of sp³-hybridized carbons (Fsp3) is 0.500. The Hall–Kier alpha value is -1.72. The van der Waals surface area contributed by atoms with Gasteiger partial charge in [-0.15, -0.1) is 0 Å². The third kappa shape index (κ3) is 5.11. The summed E-state index contributed by atoms with van der Waals surface area (Å²) in [5, 5.41) is 2.67. The molecule has 0 heterocycles. The summed E-state index contributed by atoms with van der Waals surface area (Å²) in [7, 11) is 0. The summed E-state index contributed by atoms with van der Waals surface area (Å²) in [5.41, 5.74) is -0.483. The molecule has 1 aromatic carbocycles. The summed E-state index contributed by atoms with van der Waals surface area (Å²) >= 11 is 0. The van der Waals surface area contributed by atoms with Crippen molar-refractivity contribution in [3.63, 3.8) is 0 Å². The SMILES string of the molecule is Cc1ccc(C(F)(F)F)cc1NCC(=O)OC(C)(C)C. The average Bonchev–Trinajstić information content (AvgIpc) is 2.24. The third-order valence-electron chi connectivity index (χ3n) is 2.41. The van der Waals surface area contributed by atoms with Crippen LogP contribution in [0.3, 0.4) is 0 Å². The molecule has 1 aromatic rings. The number of hydrogen-bond acceptors (Lipinski definition) is 3. The first-order chi connectivity index (χ1) is 8.99. The molecule has 0 unspecified atom stereocenters. The number of hydrogen-bond donors (Lipinski definition) is 1. The van der Waals surface area contributed by atoms with Crippen LogP contribution in [0, 0.1) is 6.92 Å². The lowest BCUT2D eigenvalue weighted by atomic mass is 10.1. The van der Waals surface area contributed by atoms with Crippen LogP contribution < -0.4 is 5.32 Å². The van der Waals surface area contributed by atoms with Gasteiger partial charge in [0.15, 0.2) is 0 Å². The maximum Gasteiger partial charge on any atom is 0.416 e. The number of carbonyl (C=O) groups is 1. The lowest BCUT2D eigenvalue weighted by Crippen LogP contribution is -2.28. The maximum atomic E-state index is 12.6. The molecule has 0 radical (unpaired) electrons. The minimum Gasteiger partial charge on any atom is -0.459 e. The molecule has 0 aromatic heterocycles. The van der Waals surface area contributed by atoms with Gasteiger partial charge >= 0.3 is 12.1 Å². The molecule has 1 N–H and O–H groups in total. The molecule has 0 bridgehead atoms. The van der Waals surface area contributed by atoms with Gasteiger partial charge in [-0.05, 0) is 45.4 Å². The third-order valence-corrected chi connectivity index (χ3v) is 2.41. The van der Waals surface area contributed by atoms with Crippen LogP contribution in [0.1, 0.15) is 31.9 Å². The van der Waals surface area contributed by atoms with Gasteiger partial charge in [-0.1, -0.05) is 6.07 Å². The van der Waals surface area contributed by atoms with Crippen molar-refractivity contribution in [1.82, 2.24) is 0 Å². The maximum absolute atomic E-state index is 12.6. The highest BCUT2D eigenvalue weighted by Gasteiger charge is 2.30. The minimum absolute atomic E-state index is 0.181. The molecule has 0 amide bonds. The van der Waals surface area contributed by atoms with E-state index in [-0.39, 0.29) is 12.2 Å². The smallest absolute Gasteiger partial charge is 0.416 e. The number of nitrogens with one attached hydrogen (secondary N) is 1. The summed E-state index contributed by atoms with van der Waals surface area (Å²) in [6.07, 6.45) is -4.41. The fourth-order valence-electron chi connectivity index (χ4n) is 1.53. The number of alkyl halides is 3. The monoisotopic (exact) mass is 289 g/mol. The van der Waals surface area contributed by atoms with E-state index in [2.05, 4.69) is 5.32 Å². The van der Waals surface area contributed by atoms with E-state index in [0.717, 1.165) is 12.1 Å². The molecule has 0 saturated carbocycles. The Balaban J connectivity index is 2.75. The van der Waals surface area contributed by atoms with E-state index in [1.54, 1.807) is 27.7 Å². The zero-order valence-corrected chi connectivity index (χ0v) is 11.9. The van der Waals surface area contributed by atoms with Crippen molar-refractivity contribution in [1.29, 1.82) is 0 Å². The molecule has 0 atom stereocenters. The number of anilines is 1. The van der Waals surface area contributed by atoms with Crippen LogP contribution >= 0.6 is 0 Å². The van der Waals surface area contributed by atoms with Crippen molar-refractivity contribution >= 4 is 11.7 Å². The molecule has 0 saturated heterocycles. The van der Waals surface area contributed by atoms with Crippen molar-refractivity contribution < 1.29 is 22.7 Å². The fourth-order valence-corrected chi connectivity index (χ4v) is 1.53. The standard InChI is InChI=1S/C14H18F3NO2/c1-9-5-6-10(14(15,16)17)7-11(9)18-8-12(19)20-13(2,3)4/h5-7,18H,8H2,1-4H3. The minimum atomic E-state index is -4.41. The molecule has 0 aliphatic rings. The molecule has 0 spiro atoms. The van der Waals surface area contributed by atoms with Gasteiger partial charge < -0.3 is 10.1 Å². The Labute approximate surface area is 116 Å². The van der Waals surface area contributed by atoms with E-state index in [1.165, 1.54) is 6.07 Å². The lowest BCUT2D eigenvalue weighted by Gasteiger charge is -2.20. The van der Waals surface area contributed by atoms with E-state index in [4.69, 9.17) is 4.74 Å². The number of aryl methyl sites for hydroxylation is 1. The number of benzene rings is 1. The predicted molar refractivity (Wildman–Crippen MR) is 70.5 cm³/mol. The van der Waals surface area contributed by atoms with Gasteiger partial charge in [0.1, 0.15) is 12.1 Å². The largest absolute Gasteiger partial charge is 0.459 e. The number of carbonyl (C=O) groups excluding carboxylic acids is 1. The van der Waals surface area contributed by atoms with Crippen LogP contribution in [0.25, 0.3) is 0 Å². The van der Waals surface area contributed by atoms with Crippen molar-refractivity contribution in [2.24, 2.45) is 0 Å². The Bertz CT molecular complexity index is 490. The van der Waals surface area contributed by atoms with E-state index in [1.807, 2.05) is 0 Å². The number of ether oxygens (including phenoxy) is 1. The van der Waals surface area contributed by atoms with Crippen molar-refractivity contribution in [2.75, 3.05) is 11.9 Å². The molecule has 0 aliphatic carbocycles. The molecular weight excluding hydrogens is 271 g/mol. The molecule has 0 fully saturated rings. The van der Waals surface area contributed by atoms with Crippen LogP contribution in [0.2, 0.25) is 0 Å². The Morgan fingerprint density at radius 3 is 2.35 bits per heavy atom. The van der Waals surface area contributed by atoms with Crippen LogP contribution in [0.5, 0.6) is 0 Å². The summed E-state index contributed by atoms with van der Waals surface area (Å²) < 4.78 is 42.9. The zero-order valence-electron chi connectivity index (χ0n) is 11.9. The second kappa shape index (κ2) is 5.73.